The number of fused-ring (bicyclic) bond motifs is 10. The minimum Gasteiger partial charge on any atom is -0.510 e. The predicted molar refractivity (Wildman–Crippen MR) is 284 cm³/mol. The van der Waals surface area contributed by atoms with E-state index < -0.39 is 0 Å². The molecule has 0 atom stereocenters. The summed E-state index contributed by atoms with van der Waals surface area (Å²) >= 11 is 0. The molecule has 14 rings (SSSR count). The van der Waals surface area contributed by atoms with E-state index in [0.29, 0.717) is 11.5 Å². The third kappa shape index (κ3) is 6.73. The van der Waals surface area contributed by atoms with Crippen LogP contribution in [-0.2, 0) is 26.5 Å². The Morgan fingerprint density at radius 3 is 1.86 bits per heavy atom. The number of nitrogens with zero attached hydrogens (tertiary/aromatic N) is 5. The Hall–Kier alpha value is -8.31. The van der Waals surface area contributed by atoms with Crippen molar-refractivity contribution in [1.29, 1.82) is 0 Å². The van der Waals surface area contributed by atoms with Crippen LogP contribution >= 0.6 is 0 Å². The average molecular weight is 1090 g/mol. The van der Waals surface area contributed by atoms with E-state index in [4.69, 9.17) is 9.72 Å². The summed E-state index contributed by atoms with van der Waals surface area (Å²) in [4.78, 5) is 4.89. The van der Waals surface area contributed by atoms with Crippen LogP contribution in [0.4, 0.5) is 0 Å². The zero-order valence-electron chi connectivity index (χ0n) is 39.1. The van der Waals surface area contributed by atoms with Crippen LogP contribution in [0.5, 0.6) is 11.5 Å². The zero-order chi connectivity index (χ0) is 46.7. The van der Waals surface area contributed by atoms with Crippen LogP contribution in [0.3, 0.4) is 0 Å². The fourth-order valence-corrected chi connectivity index (χ4v) is 10.8. The average Bonchev–Trinajstić information content (AvgIpc) is 4.14. The van der Waals surface area contributed by atoms with Gasteiger partial charge in [0.25, 0.3) is 6.33 Å². The van der Waals surface area contributed by atoms with Gasteiger partial charge in [0.05, 0.1) is 27.8 Å². The van der Waals surface area contributed by atoms with E-state index in [9.17, 15) is 0 Å². The van der Waals surface area contributed by atoms with Gasteiger partial charge in [-0.2, -0.15) is 18.2 Å². The molecule has 0 N–H and O–H groups in total. The van der Waals surface area contributed by atoms with Crippen molar-refractivity contribution in [2.75, 3.05) is 0 Å². The molecule has 0 aliphatic rings. The van der Waals surface area contributed by atoms with Crippen LogP contribution < -0.4 is 9.30 Å². The summed E-state index contributed by atoms with van der Waals surface area (Å²) in [6.45, 7) is 6.69. The quantitative estimate of drug-likeness (QED) is 0.118. The number of hydrogen-bond donors (Lipinski definition) is 0. The maximum atomic E-state index is 6.77. The molecule has 0 saturated heterocycles. The third-order valence-electron chi connectivity index (χ3n) is 14.0. The Bertz CT molecular complexity index is 4310. The van der Waals surface area contributed by atoms with Crippen LogP contribution in [0.1, 0.15) is 26.3 Å². The molecule has 9 aromatic carbocycles. The van der Waals surface area contributed by atoms with E-state index in [1.165, 1.54) is 38.1 Å². The van der Waals surface area contributed by atoms with E-state index in [1.807, 2.05) is 24.4 Å². The molecule has 6 nitrogen and oxygen atoms in total. The summed E-state index contributed by atoms with van der Waals surface area (Å²) in [7, 11) is 0. The SMILES string of the molecule is CC(C)(C)c1ccnc(-n2c3[c-]c(Oc4[c-]c(-n5[c-][n+](-c6c(-c7ccccc7)cccc6-c6ccccc6)c6cc7c(cc65)c5cccc6c8ccccc8n7c65)ccc4)ccc3c3ccccc32)c1.[Pt]. The second-order valence-electron chi connectivity index (χ2n) is 19.2. The summed E-state index contributed by atoms with van der Waals surface area (Å²) < 4.78 is 15.8. The van der Waals surface area contributed by atoms with Crippen molar-refractivity contribution in [3.63, 3.8) is 0 Å². The summed E-state index contributed by atoms with van der Waals surface area (Å²) in [5, 5.41) is 7.10. The van der Waals surface area contributed by atoms with Crippen molar-refractivity contribution in [3.05, 3.63) is 230 Å². The standard InChI is InChI=1S/C64H43N5O.Pt/c1-64(2,3)43-33-34-65-61(35-43)68-55-29-12-10-23-49(55)51-32-31-46(37-57(51)68)70-45-22-14-21-44(36-45)66-40-67(62-47(41-17-6-4-7-18-41)25-15-26-48(62)42-19-8-5-9-20-42)60-39-58-54(38-59(60)66)53-28-16-27-52-50-24-11-13-30-56(50)69(58)63(52)53;/h4-35,38-39H,1-3H3;/q-2;. The monoisotopic (exact) mass is 1090 g/mol. The van der Waals surface area contributed by atoms with Crippen molar-refractivity contribution in [2.45, 2.75) is 26.2 Å². The first-order valence-corrected chi connectivity index (χ1v) is 23.8. The van der Waals surface area contributed by atoms with Gasteiger partial charge in [0.15, 0.2) is 0 Å². The molecular weight excluding hydrogens is 1050 g/mol. The first-order valence-electron chi connectivity index (χ1n) is 23.8. The molecule has 7 heteroatoms. The topological polar surface area (TPSA) is 40.3 Å². The van der Waals surface area contributed by atoms with Gasteiger partial charge in [-0.1, -0.05) is 160 Å². The third-order valence-corrected chi connectivity index (χ3v) is 14.0. The summed E-state index contributed by atoms with van der Waals surface area (Å²) in [6, 6.07) is 78.3. The van der Waals surface area contributed by atoms with Crippen LogP contribution in [0.25, 0.3) is 110 Å². The minimum absolute atomic E-state index is 0. The van der Waals surface area contributed by atoms with Gasteiger partial charge in [0.2, 0.25) is 0 Å². The van der Waals surface area contributed by atoms with Gasteiger partial charge in [-0.15, -0.1) is 29.7 Å². The molecule has 71 heavy (non-hydrogen) atoms. The molecule has 0 aliphatic heterocycles. The summed E-state index contributed by atoms with van der Waals surface area (Å²) in [5.74, 6) is 1.99. The second kappa shape index (κ2) is 16.4. The number of imidazole rings is 1. The second-order valence-corrected chi connectivity index (χ2v) is 19.2. The van der Waals surface area contributed by atoms with E-state index in [2.05, 4.69) is 239 Å². The molecular formula is C64H43N5OPt-2. The van der Waals surface area contributed by atoms with E-state index in [1.54, 1.807) is 0 Å². The first kappa shape index (κ1) is 42.8. The number of aromatic nitrogens is 5. The fourth-order valence-electron chi connectivity index (χ4n) is 10.8. The zero-order valence-corrected chi connectivity index (χ0v) is 41.4. The Labute approximate surface area is 424 Å². The first-order chi connectivity index (χ1) is 34.4. The van der Waals surface area contributed by atoms with Crippen LogP contribution in [-0.4, -0.2) is 18.5 Å². The Balaban J connectivity index is 0.00000492. The van der Waals surface area contributed by atoms with Gasteiger partial charge in [-0.3, -0.25) is 4.57 Å². The number of benzene rings is 9. The summed E-state index contributed by atoms with van der Waals surface area (Å²) in [5.41, 5.74) is 15.0. The molecule has 0 amide bonds. The van der Waals surface area contributed by atoms with Gasteiger partial charge < -0.3 is 18.3 Å². The van der Waals surface area contributed by atoms with Gasteiger partial charge >= 0.3 is 0 Å². The van der Waals surface area contributed by atoms with Gasteiger partial charge in [0.1, 0.15) is 5.82 Å². The molecule has 0 bridgehead atoms. The molecule has 0 spiro atoms. The molecule has 14 aromatic rings. The van der Waals surface area contributed by atoms with Gasteiger partial charge in [0, 0.05) is 71.3 Å². The van der Waals surface area contributed by atoms with Crippen molar-refractivity contribution in [3.8, 4) is 50.9 Å². The molecule has 0 saturated carbocycles. The smallest absolute Gasteiger partial charge is 0.268 e. The van der Waals surface area contributed by atoms with Crippen molar-refractivity contribution in [1.82, 2.24) is 18.5 Å². The van der Waals surface area contributed by atoms with Crippen molar-refractivity contribution < 1.29 is 30.4 Å². The molecule has 5 aromatic heterocycles. The number of rotatable bonds is 7. The maximum absolute atomic E-state index is 6.77. The van der Waals surface area contributed by atoms with Crippen LogP contribution in [0.2, 0.25) is 0 Å². The fraction of sp³-hybridized carbons (Fsp3) is 0.0625. The van der Waals surface area contributed by atoms with E-state index >= 15 is 0 Å². The Morgan fingerprint density at radius 2 is 1.13 bits per heavy atom. The van der Waals surface area contributed by atoms with Gasteiger partial charge in [-0.05, 0) is 80.7 Å². The molecule has 0 unspecified atom stereocenters. The molecule has 0 aliphatic carbocycles. The number of para-hydroxylation sites is 4. The molecule has 0 radical (unpaired) electrons. The number of ether oxygens (including phenoxy) is 1. The van der Waals surface area contributed by atoms with Gasteiger partial charge in [-0.25, -0.2) is 4.98 Å². The Morgan fingerprint density at radius 1 is 0.507 bits per heavy atom. The summed E-state index contributed by atoms with van der Waals surface area (Å²) in [6.07, 6.45) is 5.82. The van der Waals surface area contributed by atoms with E-state index in [0.717, 1.165) is 77.8 Å². The minimum atomic E-state index is -0.0404. The normalized spacial score (nSPS) is 12.0. The number of pyridine rings is 1. The Kier molecular flexibility index (Phi) is 9.88. The largest absolute Gasteiger partial charge is 0.510 e. The van der Waals surface area contributed by atoms with Crippen molar-refractivity contribution >= 4 is 70.9 Å². The molecule has 5 heterocycles. The van der Waals surface area contributed by atoms with E-state index in [-0.39, 0.29) is 26.5 Å². The number of hydrogen-bond acceptors (Lipinski definition) is 2. The predicted octanol–water partition coefficient (Wildman–Crippen LogP) is 15.4. The van der Waals surface area contributed by atoms with Crippen LogP contribution in [0, 0.1) is 18.5 Å². The maximum Gasteiger partial charge on any atom is 0.268 e. The van der Waals surface area contributed by atoms with Crippen molar-refractivity contribution in [2.24, 2.45) is 0 Å². The molecule has 0 fully saturated rings. The molecule has 342 valence electrons. The van der Waals surface area contributed by atoms with Crippen LogP contribution in [0.15, 0.2) is 206 Å².